The second-order valence-corrected chi connectivity index (χ2v) is 11.6. The van der Waals surface area contributed by atoms with Gasteiger partial charge in [-0.1, -0.05) is 0 Å². The van der Waals surface area contributed by atoms with Crippen LogP contribution >= 0.6 is 11.3 Å². The second kappa shape index (κ2) is 9.94. The number of carboxylic acids is 1. The number of hydrogen-bond donors (Lipinski definition) is 1. The third-order valence-electron chi connectivity index (χ3n) is 5.05. The molecule has 0 radical (unpaired) electrons. The zero-order chi connectivity index (χ0) is 22.4. The number of aromatic nitrogens is 1. The fourth-order valence-electron chi connectivity index (χ4n) is 3.67. The van der Waals surface area contributed by atoms with Crippen LogP contribution in [-0.2, 0) is 13.8 Å². The Kier molecular flexibility index (Phi) is 6.83. The molecule has 0 saturated carbocycles. The molecule has 4 rings (SSSR count). The standard InChI is InChI=1S/C25H21AsN2O3S/c1-31-28-22(23(29)30)21-17-32-24(27-21)26-25(18-11-5-2-6-12-18,19-13-7-3-8-14-19)20-15-9-4-10-16-20/h2-17,26H,1H3,(H,29,30). The fraction of sp³-hybridized carbons (Fsp3) is 0.0800. The van der Waals surface area contributed by atoms with Crippen LogP contribution in [0.4, 0.5) is 0 Å². The van der Waals surface area contributed by atoms with Crippen molar-refractivity contribution in [1.29, 1.82) is 0 Å². The number of aliphatic carboxylic acids is 1. The normalized spacial score (nSPS) is 12.2. The van der Waals surface area contributed by atoms with Crippen molar-refractivity contribution < 1.29 is 14.7 Å². The van der Waals surface area contributed by atoms with Gasteiger partial charge in [0, 0.05) is 0 Å². The van der Waals surface area contributed by atoms with Gasteiger partial charge in [-0.05, 0) is 0 Å². The second-order valence-electron chi connectivity index (χ2n) is 6.94. The van der Waals surface area contributed by atoms with Gasteiger partial charge in [0.1, 0.15) is 0 Å². The molecule has 0 aliphatic heterocycles. The van der Waals surface area contributed by atoms with E-state index in [2.05, 4.69) is 78.0 Å². The minimum atomic E-state index is -1.16. The molecule has 0 fully saturated rings. The van der Waals surface area contributed by atoms with Crippen LogP contribution in [0.2, 0.25) is 0 Å². The van der Waals surface area contributed by atoms with Gasteiger partial charge in [-0.3, -0.25) is 0 Å². The molecule has 0 saturated heterocycles. The molecule has 4 aromatic rings. The molecule has 7 heteroatoms. The van der Waals surface area contributed by atoms with Crippen molar-refractivity contribution in [2.45, 2.75) is 4.20 Å². The van der Waals surface area contributed by atoms with Gasteiger partial charge in [-0.25, -0.2) is 0 Å². The summed E-state index contributed by atoms with van der Waals surface area (Å²) in [7, 11) is 1.33. The molecule has 1 unspecified atom stereocenters. The first-order chi connectivity index (χ1) is 15.6. The molecule has 32 heavy (non-hydrogen) atoms. The van der Waals surface area contributed by atoms with Crippen LogP contribution in [0.5, 0.6) is 0 Å². The van der Waals surface area contributed by atoms with Crippen molar-refractivity contribution in [3.05, 3.63) is 119 Å². The SMILES string of the molecule is CON=C(C(=O)O)c1csc([AsH]C(c2ccccc2)(c2ccccc2)c2ccccc2)n1. The van der Waals surface area contributed by atoms with Gasteiger partial charge < -0.3 is 0 Å². The van der Waals surface area contributed by atoms with E-state index in [-0.39, 0.29) is 9.91 Å². The van der Waals surface area contributed by atoms with Crippen molar-refractivity contribution in [1.82, 2.24) is 4.98 Å². The van der Waals surface area contributed by atoms with E-state index >= 15 is 0 Å². The van der Waals surface area contributed by atoms with E-state index in [4.69, 9.17) is 9.82 Å². The topological polar surface area (TPSA) is 71.8 Å². The zero-order valence-electron chi connectivity index (χ0n) is 17.3. The van der Waals surface area contributed by atoms with Gasteiger partial charge in [0.05, 0.1) is 0 Å². The summed E-state index contributed by atoms with van der Waals surface area (Å²) in [5.74, 6) is -1.16. The van der Waals surface area contributed by atoms with Crippen molar-refractivity contribution >= 4 is 42.6 Å². The van der Waals surface area contributed by atoms with Crippen molar-refractivity contribution in [2.75, 3.05) is 7.11 Å². The molecule has 0 amide bonds. The van der Waals surface area contributed by atoms with Gasteiger partial charge in [0.2, 0.25) is 0 Å². The number of oxime groups is 1. The average Bonchev–Trinajstić information content (AvgIpc) is 3.30. The molecule has 0 aliphatic carbocycles. The third-order valence-corrected chi connectivity index (χ3v) is 10.3. The van der Waals surface area contributed by atoms with Crippen LogP contribution < -0.4 is 3.80 Å². The first-order valence-corrected chi connectivity index (χ1v) is 12.9. The number of hydrogen-bond acceptors (Lipinski definition) is 5. The minimum absolute atomic E-state index is 0.189. The summed E-state index contributed by atoms with van der Waals surface area (Å²) >= 11 is 0.516. The van der Waals surface area contributed by atoms with Crippen molar-refractivity contribution in [3.63, 3.8) is 0 Å². The van der Waals surface area contributed by atoms with Gasteiger partial charge >= 0.3 is 198 Å². The summed E-state index contributed by atoms with van der Waals surface area (Å²) in [6.45, 7) is 0. The first kappa shape index (κ1) is 22.0. The molecule has 1 atom stereocenters. The van der Waals surface area contributed by atoms with Gasteiger partial charge in [0.25, 0.3) is 0 Å². The quantitative estimate of drug-likeness (QED) is 0.172. The summed E-state index contributed by atoms with van der Waals surface area (Å²) in [4.78, 5) is 21.0. The van der Waals surface area contributed by atoms with E-state index in [9.17, 15) is 9.90 Å². The Morgan fingerprint density at radius 3 is 1.78 bits per heavy atom. The van der Waals surface area contributed by atoms with Crippen LogP contribution in [0.1, 0.15) is 22.4 Å². The van der Waals surface area contributed by atoms with E-state index < -0.39 is 21.7 Å². The maximum absolute atomic E-state index is 11.6. The van der Waals surface area contributed by atoms with E-state index in [1.807, 2.05) is 18.2 Å². The Morgan fingerprint density at radius 1 is 0.906 bits per heavy atom. The van der Waals surface area contributed by atoms with Crippen LogP contribution in [0.25, 0.3) is 0 Å². The van der Waals surface area contributed by atoms with Gasteiger partial charge in [-0.2, -0.15) is 0 Å². The number of benzene rings is 3. The third kappa shape index (κ3) is 4.38. The molecule has 5 nitrogen and oxygen atoms in total. The number of rotatable bonds is 8. The average molecular weight is 504 g/mol. The number of nitrogens with zero attached hydrogens (tertiary/aromatic N) is 2. The van der Waals surface area contributed by atoms with Gasteiger partial charge in [-0.15, -0.1) is 0 Å². The van der Waals surface area contributed by atoms with Crippen LogP contribution in [0, 0.1) is 0 Å². The van der Waals surface area contributed by atoms with E-state index in [0.717, 1.165) is 3.80 Å². The fourth-order valence-corrected chi connectivity index (χ4v) is 8.80. The molecule has 1 heterocycles. The van der Waals surface area contributed by atoms with Crippen LogP contribution in [0.15, 0.2) is 102 Å². The Bertz CT molecular complexity index is 1120. The summed E-state index contributed by atoms with van der Waals surface area (Å²) in [6.07, 6.45) is 0. The predicted molar refractivity (Wildman–Crippen MR) is 129 cm³/mol. The zero-order valence-corrected chi connectivity index (χ0v) is 20.2. The molecule has 3 aromatic carbocycles. The Labute approximate surface area is 197 Å². The summed E-state index contributed by atoms with van der Waals surface area (Å²) in [6, 6.07) is 31.4. The van der Waals surface area contributed by atoms with Crippen molar-refractivity contribution in [3.8, 4) is 0 Å². The molecule has 0 bridgehead atoms. The molecular formula is C25H21AsN2O3S. The first-order valence-electron chi connectivity index (χ1n) is 9.90. The summed E-state index contributed by atoms with van der Waals surface area (Å²) in [5.41, 5.74) is 3.71. The van der Waals surface area contributed by atoms with Gasteiger partial charge in [0.15, 0.2) is 0 Å². The van der Waals surface area contributed by atoms with Crippen LogP contribution in [-0.4, -0.2) is 44.6 Å². The van der Waals surface area contributed by atoms with E-state index in [1.165, 1.54) is 35.1 Å². The summed E-state index contributed by atoms with van der Waals surface area (Å²) < 4.78 is 0.558. The maximum atomic E-state index is 11.6. The molecule has 160 valence electrons. The number of thiazole rings is 1. The molecular weight excluding hydrogens is 483 g/mol. The summed E-state index contributed by atoms with van der Waals surface area (Å²) in [5, 5.41) is 14.9. The molecule has 0 aliphatic rings. The predicted octanol–water partition coefficient (Wildman–Crippen LogP) is 3.63. The Hall–Kier alpha value is -3.21. The van der Waals surface area contributed by atoms with Crippen LogP contribution in [0.3, 0.4) is 0 Å². The van der Waals surface area contributed by atoms with E-state index in [0.29, 0.717) is 5.69 Å². The Balaban J connectivity index is 1.90. The van der Waals surface area contributed by atoms with Crippen molar-refractivity contribution in [2.24, 2.45) is 5.16 Å². The molecule has 1 N–H and O–H groups in total. The molecule has 0 spiro atoms. The Morgan fingerprint density at radius 2 is 1.38 bits per heavy atom. The van der Waals surface area contributed by atoms with E-state index in [1.54, 1.807) is 5.38 Å². The number of carboxylic acid groups (broad SMARTS) is 1. The monoisotopic (exact) mass is 504 g/mol. The molecule has 1 aromatic heterocycles. The number of carbonyl (C=O) groups is 1.